The quantitative estimate of drug-likeness (QED) is 0.703. The number of aromatic hydroxyl groups is 1. The average Bonchev–Trinajstić information content (AvgIpc) is 2.60. The second-order valence-electron chi connectivity index (χ2n) is 5.89. The maximum atomic E-state index is 12.7. The zero-order chi connectivity index (χ0) is 18.1. The molecule has 1 unspecified atom stereocenters. The number of ketones is 1. The van der Waals surface area contributed by atoms with E-state index in [1.54, 1.807) is 55.6 Å². The van der Waals surface area contributed by atoms with Crippen LogP contribution in [0.1, 0.15) is 28.4 Å². The molecule has 0 aliphatic rings. The molecule has 1 atom stereocenters. The molecule has 1 aromatic heterocycles. The van der Waals surface area contributed by atoms with Gasteiger partial charge in [-0.1, -0.05) is 35.9 Å². The molecule has 3 aromatic rings. The van der Waals surface area contributed by atoms with Crippen LogP contribution in [0, 0.1) is 0 Å². The van der Waals surface area contributed by atoms with Gasteiger partial charge in [0.15, 0.2) is 5.78 Å². The van der Waals surface area contributed by atoms with Crippen molar-refractivity contribution in [2.24, 2.45) is 12.8 Å². The summed E-state index contributed by atoms with van der Waals surface area (Å²) in [5, 5.41) is 11.5. The smallest absolute Gasteiger partial charge is 0.265 e. The minimum absolute atomic E-state index is 0.0945. The van der Waals surface area contributed by atoms with Gasteiger partial charge in [-0.2, -0.15) is 0 Å². The number of aryl methyl sites for hydroxylation is 1. The molecule has 0 radical (unpaired) electrons. The number of hydrogen-bond donors (Lipinski definition) is 2. The lowest BCUT2D eigenvalue weighted by molar-refractivity contribution is 0.0970. The Kier molecular flexibility index (Phi) is 4.61. The first-order valence-electron chi connectivity index (χ1n) is 7.75. The summed E-state index contributed by atoms with van der Waals surface area (Å²) in [6.45, 7) is 0. The second-order valence-corrected chi connectivity index (χ2v) is 6.33. The van der Waals surface area contributed by atoms with Crippen LogP contribution in [0.15, 0.2) is 53.3 Å². The Labute approximate surface area is 149 Å². The minimum Gasteiger partial charge on any atom is -0.506 e. The molecule has 0 bridgehead atoms. The number of para-hydroxylation sites is 1. The van der Waals surface area contributed by atoms with Crippen LogP contribution >= 0.6 is 11.6 Å². The van der Waals surface area contributed by atoms with Crippen molar-refractivity contribution >= 4 is 28.3 Å². The molecular weight excluding hydrogens is 340 g/mol. The molecule has 5 nitrogen and oxygen atoms in total. The van der Waals surface area contributed by atoms with Gasteiger partial charge >= 0.3 is 0 Å². The lowest BCUT2D eigenvalue weighted by atomic mass is 9.97. The van der Waals surface area contributed by atoms with Crippen LogP contribution in [0.3, 0.4) is 0 Å². The molecule has 25 heavy (non-hydrogen) atoms. The Hall–Kier alpha value is -2.63. The SMILES string of the molecule is Cn1c(=O)c(C(=O)CC(N)c2ccc(Cl)cc2)c(O)c2ccccc21. The van der Waals surface area contributed by atoms with Crippen molar-refractivity contribution in [2.45, 2.75) is 12.5 Å². The number of aromatic nitrogens is 1. The van der Waals surface area contributed by atoms with Crippen LogP contribution in [0.2, 0.25) is 5.02 Å². The number of pyridine rings is 1. The van der Waals surface area contributed by atoms with Crippen LogP contribution in [0.25, 0.3) is 10.9 Å². The highest BCUT2D eigenvalue weighted by atomic mass is 35.5. The predicted octanol–water partition coefficient (Wildman–Crippen LogP) is 3.17. The van der Waals surface area contributed by atoms with E-state index in [-0.39, 0.29) is 17.7 Å². The van der Waals surface area contributed by atoms with Crippen LogP contribution in [-0.2, 0) is 7.05 Å². The Balaban J connectivity index is 2.00. The normalized spacial score (nSPS) is 12.3. The van der Waals surface area contributed by atoms with Crippen molar-refractivity contribution < 1.29 is 9.90 Å². The third kappa shape index (κ3) is 3.16. The number of nitrogens with two attached hydrogens (primary N) is 1. The van der Waals surface area contributed by atoms with E-state index in [4.69, 9.17) is 17.3 Å². The molecule has 0 fully saturated rings. The first-order chi connectivity index (χ1) is 11.9. The summed E-state index contributed by atoms with van der Waals surface area (Å²) in [6, 6.07) is 13.1. The Morgan fingerprint density at radius 2 is 1.84 bits per heavy atom. The molecule has 0 aliphatic heterocycles. The highest BCUT2D eigenvalue weighted by Gasteiger charge is 2.23. The van der Waals surface area contributed by atoms with Gasteiger partial charge in [0.25, 0.3) is 5.56 Å². The van der Waals surface area contributed by atoms with Crippen LogP contribution in [0.5, 0.6) is 5.75 Å². The Morgan fingerprint density at radius 3 is 2.52 bits per heavy atom. The van der Waals surface area contributed by atoms with Crippen molar-refractivity contribution in [3.8, 4) is 5.75 Å². The van der Waals surface area contributed by atoms with E-state index in [1.165, 1.54) is 4.57 Å². The number of hydrogen-bond acceptors (Lipinski definition) is 4. The minimum atomic E-state index is -0.597. The lowest BCUT2D eigenvalue weighted by Gasteiger charge is -2.14. The van der Waals surface area contributed by atoms with Gasteiger partial charge in [-0.15, -0.1) is 0 Å². The average molecular weight is 357 g/mol. The fourth-order valence-electron chi connectivity index (χ4n) is 2.86. The Morgan fingerprint density at radius 1 is 1.20 bits per heavy atom. The van der Waals surface area contributed by atoms with Gasteiger partial charge in [-0.25, -0.2) is 0 Å². The van der Waals surface area contributed by atoms with E-state index >= 15 is 0 Å². The highest BCUT2D eigenvalue weighted by molar-refractivity contribution is 6.30. The molecule has 0 amide bonds. The van der Waals surface area contributed by atoms with Gasteiger partial charge < -0.3 is 15.4 Å². The largest absolute Gasteiger partial charge is 0.506 e. The van der Waals surface area contributed by atoms with Gasteiger partial charge in [0.1, 0.15) is 11.3 Å². The molecule has 0 aliphatic carbocycles. The van der Waals surface area contributed by atoms with Gasteiger partial charge in [-0.3, -0.25) is 9.59 Å². The summed E-state index contributed by atoms with van der Waals surface area (Å²) >= 11 is 5.85. The molecule has 3 N–H and O–H groups in total. The molecule has 128 valence electrons. The summed E-state index contributed by atoms with van der Waals surface area (Å²) < 4.78 is 1.36. The lowest BCUT2D eigenvalue weighted by Crippen LogP contribution is -2.27. The van der Waals surface area contributed by atoms with E-state index in [2.05, 4.69) is 0 Å². The summed E-state index contributed by atoms with van der Waals surface area (Å²) in [7, 11) is 1.57. The van der Waals surface area contributed by atoms with E-state index in [9.17, 15) is 14.7 Å². The second kappa shape index (κ2) is 6.70. The number of carbonyl (C=O) groups is 1. The first-order valence-corrected chi connectivity index (χ1v) is 8.13. The van der Waals surface area contributed by atoms with E-state index in [0.29, 0.717) is 15.9 Å². The molecule has 2 aromatic carbocycles. The van der Waals surface area contributed by atoms with Crippen LogP contribution < -0.4 is 11.3 Å². The van der Waals surface area contributed by atoms with E-state index in [0.717, 1.165) is 5.56 Å². The summed E-state index contributed by atoms with van der Waals surface area (Å²) in [4.78, 5) is 25.2. The van der Waals surface area contributed by atoms with E-state index in [1.807, 2.05) is 0 Å². The number of halogens is 1. The van der Waals surface area contributed by atoms with E-state index < -0.39 is 17.4 Å². The maximum Gasteiger partial charge on any atom is 0.265 e. The van der Waals surface area contributed by atoms with Crippen LogP contribution in [0.4, 0.5) is 0 Å². The number of benzene rings is 2. The summed E-state index contributed by atoms with van der Waals surface area (Å²) in [6.07, 6.45) is -0.0945. The molecule has 0 spiro atoms. The molecule has 0 saturated heterocycles. The maximum absolute atomic E-state index is 12.7. The molecule has 1 heterocycles. The number of nitrogens with zero attached hydrogens (tertiary/aromatic N) is 1. The monoisotopic (exact) mass is 356 g/mol. The third-order valence-electron chi connectivity index (χ3n) is 4.26. The molecule has 6 heteroatoms. The zero-order valence-corrected chi connectivity index (χ0v) is 14.3. The molecule has 3 rings (SSSR count). The fourth-order valence-corrected chi connectivity index (χ4v) is 2.99. The number of rotatable bonds is 4. The predicted molar refractivity (Wildman–Crippen MR) is 98.2 cm³/mol. The van der Waals surface area contributed by atoms with Crippen molar-refractivity contribution in [3.05, 3.63) is 75.0 Å². The zero-order valence-electron chi connectivity index (χ0n) is 13.6. The van der Waals surface area contributed by atoms with Crippen molar-refractivity contribution in [2.75, 3.05) is 0 Å². The van der Waals surface area contributed by atoms with Gasteiger partial charge in [0, 0.05) is 29.9 Å². The van der Waals surface area contributed by atoms with Gasteiger partial charge in [0.2, 0.25) is 0 Å². The third-order valence-corrected chi connectivity index (χ3v) is 4.51. The fraction of sp³-hybridized carbons (Fsp3) is 0.158. The topological polar surface area (TPSA) is 85.3 Å². The van der Waals surface area contributed by atoms with Crippen molar-refractivity contribution in [3.63, 3.8) is 0 Å². The molecule has 0 saturated carbocycles. The summed E-state index contributed by atoms with van der Waals surface area (Å²) in [5.74, 6) is -0.793. The Bertz CT molecular complexity index is 1010. The van der Waals surface area contributed by atoms with Crippen molar-refractivity contribution in [1.82, 2.24) is 4.57 Å². The van der Waals surface area contributed by atoms with Gasteiger partial charge in [-0.05, 0) is 29.8 Å². The van der Waals surface area contributed by atoms with Crippen LogP contribution in [-0.4, -0.2) is 15.5 Å². The number of fused-ring (bicyclic) bond motifs is 1. The number of carbonyl (C=O) groups excluding carboxylic acids is 1. The number of Topliss-reactive ketones (excluding diaryl/α,β-unsaturated/α-hetero) is 1. The van der Waals surface area contributed by atoms with Crippen molar-refractivity contribution in [1.29, 1.82) is 0 Å². The summed E-state index contributed by atoms with van der Waals surface area (Å²) in [5.41, 5.74) is 6.60. The van der Waals surface area contributed by atoms with Gasteiger partial charge in [0.05, 0.1) is 5.52 Å². The standard InChI is InChI=1S/C19H17ClN2O3/c1-22-15-5-3-2-4-13(15)18(24)17(19(22)25)16(23)10-14(21)11-6-8-12(20)9-7-11/h2-9,14,24H,10,21H2,1H3. The first kappa shape index (κ1) is 17.2. The highest BCUT2D eigenvalue weighted by Crippen LogP contribution is 2.28. The molecular formula is C19H17ClN2O3.